The van der Waals surface area contributed by atoms with Crippen molar-refractivity contribution in [1.29, 1.82) is 0 Å². The smallest absolute Gasteiger partial charge is 0.224 e. The molecule has 0 fully saturated rings. The number of amides is 1. The number of hydrogen-bond acceptors (Lipinski definition) is 4. The molecule has 0 radical (unpaired) electrons. The van der Waals surface area contributed by atoms with E-state index >= 15 is 0 Å². The number of carbonyl (C=O) groups excluding carboxylic acids is 1. The molecule has 0 unspecified atom stereocenters. The molecule has 0 aromatic heterocycles. The van der Waals surface area contributed by atoms with Crippen molar-refractivity contribution < 1.29 is 14.6 Å². The van der Waals surface area contributed by atoms with Gasteiger partial charge in [-0.2, -0.15) is 0 Å². The van der Waals surface area contributed by atoms with Gasteiger partial charge in [0, 0.05) is 26.8 Å². The minimum Gasteiger partial charge on any atom is -0.396 e. The first-order chi connectivity index (χ1) is 8.22. The fraction of sp³-hybridized carbons (Fsp3) is 0.917. The maximum Gasteiger partial charge on any atom is 0.224 e. The standard InChI is InChI=1S/C12H26N2O3/c1-14(8-5-7-13)12(16)6-11-17-10-4-2-3-9-15/h15H,2-11,13H2,1H3. The van der Waals surface area contributed by atoms with Crippen molar-refractivity contribution in [1.82, 2.24) is 4.90 Å². The molecule has 0 spiro atoms. The van der Waals surface area contributed by atoms with Crippen LogP contribution in [0.3, 0.4) is 0 Å². The Balaban J connectivity index is 3.32. The van der Waals surface area contributed by atoms with Crippen molar-refractivity contribution in [2.45, 2.75) is 32.1 Å². The molecule has 0 aromatic carbocycles. The van der Waals surface area contributed by atoms with Crippen LogP contribution < -0.4 is 5.73 Å². The lowest BCUT2D eigenvalue weighted by Gasteiger charge is -2.16. The van der Waals surface area contributed by atoms with Crippen LogP contribution in [0.5, 0.6) is 0 Å². The Bertz CT molecular complexity index is 189. The summed E-state index contributed by atoms with van der Waals surface area (Å²) in [5, 5.41) is 8.57. The van der Waals surface area contributed by atoms with Crippen LogP contribution in [0.1, 0.15) is 32.1 Å². The molecule has 0 atom stereocenters. The molecular formula is C12H26N2O3. The third-order valence-corrected chi connectivity index (χ3v) is 2.53. The van der Waals surface area contributed by atoms with Crippen LogP contribution in [0, 0.1) is 0 Å². The quantitative estimate of drug-likeness (QED) is 0.516. The second kappa shape index (κ2) is 11.8. The fourth-order valence-electron chi connectivity index (χ4n) is 1.40. The van der Waals surface area contributed by atoms with Crippen LogP contribution in [0.25, 0.3) is 0 Å². The van der Waals surface area contributed by atoms with Gasteiger partial charge in [-0.1, -0.05) is 0 Å². The highest BCUT2D eigenvalue weighted by atomic mass is 16.5. The highest BCUT2D eigenvalue weighted by Gasteiger charge is 2.07. The van der Waals surface area contributed by atoms with Crippen LogP contribution in [0.2, 0.25) is 0 Å². The van der Waals surface area contributed by atoms with Gasteiger partial charge in [-0.05, 0) is 32.2 Å². The summed E-state index contributed by atoms with van der Waals surface area (Å²) in [5.41, 5.74) is 5.38. The molecule has 0 aliphatic rings. The summed E-state index contributed by atoms with van der Waals surface area (Å²) in [7, 11) is 1.79. The van der Waals surface area contributed by atoms with E-state index in [-0.39, 0.29) is 12.5 Å². The molecule has 0 aliphatic heterocycles. The van der Waals surface area contributed by atoms with Crippen molar-refractivity contribution in [3.8, 4) is 0 Å². The Morgan fingerprint density at radius 2 is 2.00 bits per heavy atom. The van der Waals surface area contributed by atoms with E-state index in [1.54, 1.807) is 11.9 Å². The molecule has 5 nitrogen and oxygen atoms in total. The number of nitrogens with zero attached hydrogens (tertiary/aromatic N) is 1. The maximum absolute atomic E-state index is 11.6. The molecule has 0 saturated heterocycles. The first-order valence-electron chi connectivity index (χ1n) is 6.35. The van der Waals surface area contributed by atoms with Crippen LogP contribution in [0.4, 0.5) is 0 Å². The lowest BCUT2D eigenvalue weighted by Crippen LogP contribution is -2.29. The average Bonchev–Trinajstić information content (AvgIpc) is 2.34. The molecule has 0 aliphatic carbocycles. The first kappa shape index (κ1) is 16.4. The van der Waals surface area contributed by atoms with Crippen molar-refractivity contribution in [3.05, 3.63) is 0 Å². The lowest BCUT2D eigenvalue weighted by atomic mass is 10.2. The molecular weight excluding hydrogens is 220 g/mol. The summed E-state index contributed by atoms with van der Waals surface area (Å²) < 4.78 is 5.35. The average molecular weight is 246 g/mol. The minimum absolute atomic E-state index is 0.105. The summed E-state index contributed by atoms with van der Waals surface area (Å²) in [4.78, 5) is 13.3. The molecule has 17 heavy (non-hydrogen) atoms. The van der Waals surface area contributed by atoms with E-state index in [4.69, 9.17) is 15.6 Å². The molecule has 0 heterocycles. The molecule has 0 rings (SSSR count). The summed E-state index contributed by atoms with van der Waals surface area (Å²) >= 11 is 0. The Hall–Kier alpha value is -0.650. The van der Waals surface area contributed by atoms with Crippen molar-refractivity contribution in [2.24, 2.45) is 5.73 Å². The molecule has 0 saturated carbocycles. The number of hydrogen-bond donors (Lipinski definition) is 2. The molecule has 0 bridgehead atoms. The van der Waals surface area contributed by atoms with Crippen LogP contribution in [-0.2, 0) is 9.53 Å². The van der Waals surface area contributed by atoms with Gasteiger partial charge in [0.15, 0.2) is 0 Å². The third kappa shape index (κ3) is 10.2. The van der Waals surface area contributed by atoms with E-state index in [0.29, 0.717) is 32.7 Å². The number of unbranched alkanes of at least 4 members (excludes halogenated alkanes) is 2. The summed E-state index contributed by atoms with van der Waals surface area (Å²) in [5.74, 6) is 0.105. The van der Waals surface area contributed by atoms with Gasteiger partial charge in [0.25, 0.3) is 0 Å². The topological polar surface area (TPSA) is 75.8 Å². The predicted molar refractivity (Wildman–Crippen MR) is 67.7 cm³/mol. The second-order valence-electron chi connectivity index (χ2n) is 4.10. The van der Waals surface area contributed by atoms with Gasteiger partial charge < -0.3 is 20.5 Å². The Kier molecular flexibility index (Phi) is 11.4. The number of rotatable bonds is 11. The number of aliphatic hydroxyl groups is 1. The zero-order chi connectivity index (χ0) is 12.9. The zero-order valence-electron chi connectivity index (χ0n) is 10.9. The van der Waals surface area contributed by atoms with Crippen LogP contribution in [0.15, 0.2) is 0 Å². The van der Waals surface area contributed by atoms with Gasteiger partial charge in [-0.15, -0.1) is 0 Å². The van der Waals surface area contributed by atoms with Gasteiger partial charge in [-0.3, -0.25) is 4.79 Å². The Labute approximate surface area is 104 Å². The van der Waals surface area contributed by atoms with Gasteiger partial charge in [0.05, 0.1) is 13.0 Å². The van der Waals surface area contributed by atoms with E-state index < -0.39 is 0 Å². The normalized spacial score (nSPS) is 10.5. The summed E-state index contributed by atoms with van der Waals surface area (Å²) in [6.07, 6.45) is 4.01. The summed E-state index contributed by atoms with van der Waals surface area (Å²) in [6, 6.07) is 0. The van der Waals surface area contributed by atoms with Gasteiger partial charge in [-0.25, -0.2) is 0 Å². The molecule has 3 N–H and O–H groups in total. The first-order valence-corrected chi connectivity index (χ1v) is 6.35. The largest absolute Gasteiger partial charge is 0.396 e. The predicted octanol–water partition coefficient (Wildman–Crippen LogP) is 0.363. The van der Waals surface area contributed by atoms with E-state index in [1.165, 1.54) is 0 Å². The van der Waals surface area contributed by atoms with E-state index in [9.17, 15) is 4.79 Å². The van der Waals surface area contributed by atoms with Gasteiger partial charge in [0.2, 0.25) is 5.91 Å². The van der Waals surface area contributed by atoms with Crippen molar-refractivity contribution in [3.63, 3.8) is 0 Å². The second-order valence-corrected chi connectivity index (χ2v) is 4.10. The zero-order valence-corrected chi connectivity index (χ0v) is 10.9. The van der Waals surface area contributed by atoms with E-state index in [1.807, 2.05) is 0 Å². The van der Waals surface area contributed by atoms with E-state index in [0.717, 1.165) is 25.7 Å². The minimum atomic E-state index is 0.105. The number of ether oxygens (including phenoxy) is 1. The monoisotopic (exact) mass is 246 g/mol. The Morgan fingerprint density at radius 1 is 1.24 bits per heavy atom. The third-order valence-electron chi connectivity index (χ3n) is 2.53. The highest BCUT2D eigenvalue weighted by Crippen LogP contribution is 1.97. The highest BCUT2D eigenvalue weighted by molar-refractivity contribution is 5.75. The van der Waals surface area contributed by atoms with Crippen molar-refractivity contribution >= 4 is 5.91 Å². The molecule has 1 amide bonds. The van der Waals surface area contributed by atoms with Gasteiger partial charge >= 0.3 is 0 Å². The SMILES string of the molecule is CN(CCCN)C(=O)CCOCCCCCO. The van der Waals surface area contributed by atoms with Crippen molar-refractivity contribution in [2.75, 3.05) is 40.0 Å². The molecule has 102 valence electrons. The lowest BCUT2D eigenvalue weighted by molar-refractivity contribution is -0.131. The summed E-state index contributed by atoms with van der Waals surface area (Å²) in [6.45, 7) is 2.71. The molecule has 5 heteroatoms. The Morgan fingerprint density at radius 3 is 2.65 bits per heavy atom. The number of nitrogens with two attached hydrogens (primary N) is 1. The van der Waals surface area contributed by atoms with Crippen LogP contribution >= 0.6 is 0 Å². The number of carbonyl (C=O) groups is 1. The van der Waals surface area contributed by atoms with Gasteiger partial charge in [0.1, 0.15) is 0 Å². The number of aliphatic hydroxyl groups excluding tert-OH is 1. The van der Waals surface area contributed by atoms with E-state index in [2.05, 4.69) is 0 Å². The molecule has 0 aromatic rings. The maximum atomic E-state index is 11.6. The fourth-order valence-corrected chi connectivity index (χ4v) is 1.40. The van der Waals surface area contributed by atoms with Crippen LogP contribution in [-0.4, -0.2) is 55.9 Å².